The van der Waals surface area contributed by atoms with Gasteiger partial charge in [-0.2, -0.15) is 9.55 Å². The molecule has 9 heteroatoms. The fourth-order valence-electron chi connectivity index (χ4n) is 2.02. The first-order chi connectivity index (χ1) is 11.4. The Kier molecular flexibility index (Phi) is 4.21. The maximum Gasteiger partial charge on any atom is 0.429 e. The fourth-order valence-corrected chi connectivity index (χ4v) is 2.31. The molecule has 122 valence electrons. The highest BCUT2D eigenvalue weighted by molar-refractivity contribution is 6.42. The zero-order valence-electron chi connectivity index (χ0n) is 11.6. The van der Waals surface area contributed by atoms with Crippen LogP contribution >= 0.6 is 23.2 Å². The van der Waals surface area contributed by atoms with Crippen LogP contribution < -0.4 is 11.4 Å². The largest absolute Gasteiger partial charge is 0.429 e. The predicted molar refractivity (Wildman–Crippen MR) is 83.7 cm³/mol. The maximum atomic E-state index is 13.7. The van der Waals surface area contributed by atoms with Crippen molar-refractivity contribution in [2.24, 2.45) is 0 Å². The Hall–Kier alpha value is -2.51. The van der Waals surface area contributed by atoms with Crippen molar-refractivity contribution >= 4 is 23.2 Å². The molecule has 3 rings (SSSR count). The summed E-state index contributed by atoms with van der Waals surface area (Å²) in [5.41, 5.74) is -1.73. The Morgan fingerprint density at radius 2 is 1.67 bits per heavy atom. The topological polar surface area (TPSA) is 65.1 Å². The van der Waals surface area contributed by atoms with E-state index >= 15 is 0 Å². The number of aromatic nitrogens is 2. The van der Waals surface area contributed by atoms with Gasteiger partial charge in [-0.05, 0) is 30.3 Å². The molecule has 2 aromatic carbocycles. The van der Waals surface area contributed by atoms with E-state index in [0.29, 0.717) is 4.57 Å². The summed E-state index contributed by atoms with van der Waals surface area (Å²) >= 11 is 11.6. The van der Waals surface area contributed by atoms with Crippen molar-refractivity contribution in [3.05, 3.63) is 79.1 Å². The van der Waals surface area contributed by atoms with E-state index in [1.807, 2.05) is 0 Å². The Morgan fingerprint density at radius 3 is 2.25 bits per heavy atom. The van der Waals surface area contributed by atoms with Gasteiger partial charge in [-0.1, -0.05) is 29.3 Å². The van der Waals surface area contributed by atoms with Crippen molar-refractivity contribution in [2.75, 3.05) is 0 Å². The summed E-state index contributed by atoms with van der Waals surface area (Å²) in [5, 5.41) is 0.320. The molecule has 0 atom stereocenters. The summed E-state index contributed by atoms with van der Waals surface area (Å²) in [7, 11) is 0. The van der Waals surface area contributed by atoms with Crippen molar-refractivity contribution in [2.45, 2.75) is 0 Å². The number of hydrogen-bond acceptors (Lipinski definition) is 4. The molecule has 0 amide bonds. The Balaban J connectivity index is 2.22. The molecule has 0 aliphatic carbocycles. The third kappa shape index (κ3) is 2.83. The van der Waals surface area contributed by atoms with Crippen LogP contribution in [0, 0.1) is 11.6 Å². The van der Waals surface area contributed by atoms with Crippen LogP contribution in [-0.4, -0.2) is 9.55 Å². The number of hydrogen-bond donors (Lipinski definition) is 0. The first-order valence-electron chi connectivity index (χ1n) is 6.42. The molecule has 0 radical (unpaired) electrons. The van der Waals surface area contributed by atoms with E-state index in [9.17, 15) is 18.4 Å². The highest BCUT2D eigenvalue weighted by atomic mass is 35.5. The van der Waals surface area contributed by atoms with Gasteiger partial charge < -0.3 is 4.42 Å². The lowest BCUT2D eigenvalue weighted by Crippen LogP contribution is -2.33. The van der Waals surface area contributed by atoms with Gasteiger partial charge in [-0.3, -0.25) is 0 Å². The van der Waals surface area contributed by atoms with E-state index in [1.54, 1.807) is 0 Å². The number of nitrogens with zero attached hydrogens (tertiary/aromatic N) is 2. The SMILES string of the molecule is O=c1nc(-c2c(F)cccc2F)oc(=O)n1-c1ccc(Cl)c(Cl)c1. The van der Waals surface area contributed by atoms with Crippen LogP contribution in [0.1, 0.15) is 0 Å². The molecular formula is C15H6Cl2F2N2O3. The molecular weight excluding hydrogens is 365 g/mol. The van der Waals surface area contributed by atoms with Crippen LogP contribution in [0.4, 0.5) is 8.78 Å². The van der Waals surface area contributed by atoms with Crippen LogP contribution in [0.25, 0.3) is 17.1 Å². The van der Waals surface area contributed by atoms with E-state index < -0.39 is 34.5 Å². The Morgan fingerprint density at radius 1 is 1.00 bits per heavy atom. The minimum Gasteiger partial charge on any atom is -0.389 e. The fraction of sp³-hybridized carbons (Fsp3) is 0. The first kappa shape index (κ1) is 16.4. The van der Waals surface area contributed by atoms with Gasteiger partial charge in [0.1, 0.15) is 17.2 Å². The molecule has 0 saturated heterocycles. The maximum absolute atomic E-state index is 13.7. The molecule has 24 heavy (non-hydrogen) atoms. The second kappa shape index (κ2) is 6.18. The minimum absolute atomic E-state index is 0.0520. The molecule has 0 saturated carbocycles. The molecule has 0 fully saturated rings. The molecule has 0 aliphatic rings. The van der Waals surface area contributed by atoms with Gasteiger partial charge in [-0.15, -0.1) is 0 Å². The van der Waals surface area contributed by atoms with Crippen molar-refractivity contribution < 1.29 is 13.2 Å². The van der Waals surface area contributed by atoms with E-state index in [2.05, 4.69) is 4.98 Å². The number of benzene rings is 2. The number of rotatable bonds is 2. The molecule has 1 heterocycles. The van der Waals surface area contributed by atoms with Crippen molar-refractivity contribution in [3.8, 4) is 17.1 Å². The first-order valence-corrected chi connectivity index (χ1v) is 7.18. The normalized spacial score (nSPS) is 10.8. The molecule has 0 bridgehead atoms. The zero-order valence-corrected chi connectivity index (χ0v) is 13.1. The van der Waals surface area contributed by atoms with Gasteiger partial charge in [-0.25, -0.2) is 18.4 Å². The summed E-state index contributed by atoms with van der Waals surface area (Å²) in [6.07, 6.45) is 0. The summed E-state index contributed by atoms with van der Waals surface area (Å²) in [5.74, 6) is -3.96. The summed E-state index contributed by atoms with van der Waals surface area (Å²) < 4.78 is 32.8. The highest BCUT2D eigenvalue weighted by Crippen LogP contribution is 2.24. The lowest BCUT2D eigenvalue weighted by atomic mass is 10.2. The van der Waals surface area contributed by atoms with Gasteiger partial charge in [0, 0.05) is 0 Å². The van der Waals surface area contributed by atoms with Gasteiger partial charge in [0.2, 0.25) is 5.89 Å². The van der Waals surface area contributed by atoms with Crippen molar-refractivity contribution in [1.82, 2.24) is 9.55 Å². The summed E-state index contributed by atoms with van der Waals surface area (Å²) in [6, 6.07) is 7.00. The Labute approximate surface area is 142 Å². The standard InChI is InChI=1S/C15H6Cl2F2N2O3/c16-8-5-4-7(6-9(8)17)21-14(22)20-13(24-15(21)23)12-10(18)2-1-3-11(12)19/h1-6H. The van der Waals surface area contributed by atoms with Gasteiger partial charge in [0.05, 0.1) is 15.7 Å². The van der Waals surface area contributed by atoms with Gasteiger partial charge in [0.15, 0.2) is 0 Å². The molecule has 0 aliphatic heterocycles. The zero-order chi connectivity index (χ0) is 17.4. The van der Waals surface area contributed by atoms with Crippen LogP contribution in [0.2, 0.25) is 10.0 Å². The smallest absolute Gasteiger partial charge is 0.389 e. The second-order valence-electron chi connectivity index (χ2n) is 4.60. The Bertz CT molecular complexity index is 1010. The average molecular weight is 371 g/mol. The minimum atomic E-state index is -1.17. The van der Waals surface area contributed by atoms with Crippen LogP contribution in [-0.2, 0) is 0 Å². The average Bonchev–Trinajstić information content (AvgIpc) is 2.50. The van der Waals surface area contributed by atoms with Crippen molar-refractivity contribution in [1.29, 1.82) is 0 Å². The third-order valence-electron chi connectivity index (χ3n) is 3.09. The summed E-state index contributed by atoms with van der Waals surface area (Å²) in [6.45, 7) is 0. The third-order valence-corrected chi connectivity index (χ3v) is 3.83. The molecule has 0 unspecified atom stereocenters. The predicted octanol–water partition coefficient (Wildman–Crippen LogP) is 3.44. The van der Waals surface area contributed by atoms with E-state index in [1.165, 1.54) is 18.2 Å². The summed E-state index contributed by atoms with van der Waals surface area (Å²) in [4.78, 5) is 27.7. The molecule has 5 nitrogen and oxygen atoms in total. The van der Waals surface area contributed by atoms with Crippen LogP contribution in [0.3, 0.4) is 0 Å². The molecule has 3 aromatic rings. The molecule has 0 spiro atoms. The molecule has 0 N–H and O–H groups in total. The van der Waals surface area contributed by atoms with E-state index in [-0.39, 0.29) is 15.7 Å². The quantitative estimate of drug-likeness (QED) is 0.692. The van der Waals surface area contributed by atoms with E-state index in [4.69, 9.17) is 27.6 Å². The van der Waals surface area contributed by atoms with E-state index in [0.717, 1.165) is 18.2 Å². The lowest BCUT2D eigenvalue weighted by Gasteiger charge is -2.06. The monoisotopic (exact) mass is 370 g/mol. The molecule has 1 aromatic heterocycles. The second-order valence-corrected chi connectivity index (χ2v) is 5.41. The van der Waals surface area contributed by atoms with Crippen LogP contribution in [0.15, 0.2) is 50.4 Å². The van der Waals surface area contributed by atoms with Crippen molar-refractivity contribution in [3.63, 3.8) is 0 Å². The van der Waals surface area contributed by atoms with Crippen LogP contribution in [0.5, 0.6) is 0 Å². The number of halogens is 4. The highest BCUT2D eigenvalue weighted by Gasteiger charge is 2.19. The van der Waals surface area contributed by atoms with Gasteiger partial charge >= 0.3 is 11.4 Å². The van der Waals surface area contributed by atoms with Gasteiger partial charge in [0.25, 0.3) is 0 Å². The lowest BCUT2D eigenvalue weighted by molar-refractivity contribution is 0.440.